The third-order valence-electron chi connectivity index (χ3n) is 3.24. The summed E-state index contributed by atoms with van der Waals surface area (Å²) < 4.78 is 5.74. The molecule has 0 radical (unpaired) electrons. The number of thioether (sulfide) groups is 1. The van der Waals surface area contributed by atoms with E-state index in [0.717, 1.165) is 16.3 Å². The van der Waals surface area contributed by atoms with Crippen LogP contribution in [0.3, 0.4) is 0 Å². The monoisotopic (exact) mass is 364 g/mol. The summed E-state index contributed by atoms with van der Waals surface area (Å²) in [5.74, 6) is -1.26. The number of primary amides is 1. The molecule has 3 amide bonds. The van der Waals surface area contributed by atoms with E-state index in [4.69, 9.17) is 5.73 Å². The molecule has 2 rings (SSSR count). The zero-order chi connectivity index (χ0) is 18.6. The van der Waals surface area contributed by atoms with Gasteiger partial charge in [0, 0.05) is 0 Å². The Kier molecular flexibility index (Phi) is 5.75. The number of hydrogen-bond donors (Lipinski definition) is 2. The normalized spacial score (nSPS) is 11.8. The van der Waals surface area contributed by atoms with Crippen LogP contribution in [0.15, 0.2) is 34.2 Å². The molecule has 10 heteroatoms. The molecule has 0 aliphatic carbocycles. The van der Waals surface area contributed by atoms with E-state index in [9.17, 15) is 19.2 Å². The van der Waals surface area contributed by atoms with E-state index in [1.807, 2.05) is 5.32 Å². The standard InChI is InChI=1S/C15H16N4O5S/c1-8(12(21)18-14(16)23)25-15-17-10-6-4-3-5-9(10)13(22)19(15)7-11(20)24-2/h3-6,8H,7H2,1-2H3,(H3,16,18,21,23)/t8-/m0/s1. The van der Waals surface area contributed by atoms with Crippen molar-refractivity contribution < 1.29 is 19.1 Å². The van der Waals surface area contributed by atoms with Gasteiger partial charge in [-0.3, -0.25) is 24.3 Å². The Morgan fingerprint density at radius 2 is 2.04 bits per heavy atom. The van der Waals surface area contributed by atoms with Crippen LogP contribution >= 0.6 is 11.8 Å². The van der Waals surface area contributed by atoms with Crippen molar-refractivity contribution in [2.45, 2.75) is 23.9 Å². The number of amides is 3. The summed E-state index contributed by atoms with van der Waals surface area (Å²) in [6, 6.07) is 5.67. The summed E-state index contributed by atoms with van der Waals surface area (Å²) in [5, 5.41) is 1.68. The Balaban J connectivity index is 2.47. The number of para-hydroxylation sites is 1. The van der Waals surface area contributed by atoms with Crippen molar-refractivity contribution in [3.8, 4) is 0 Å². The summed E-state index contributed by atoms with van der Waals surface area (Å²) >= 11 is 0.926. The van der Waals surface area contributed by atoms with E-state index in [2.05, 4.69) is 9.72 Å². The third kappa shape index (κ3) is 4.35. The zero-order valence-electron chi connectivity index (χ0n) is 13.5. The first kappa shape index (κ1) is 18.5. The number of benzene rings is 1. The second-order valence-corrected chi connectivity index (χ2v) is 6.30. The van der Waals surface area contributed by atoms with Crippen molar-refractivity contribution in [1.29, 1.82) is 0 Å². The van der Waals surface area contributed by atoms with Crippen LogP contribution < -0.4 is 16.6 Å². The number of nitrogens with two attached hydrogens (primary N) is 1. The van der Waals surface area contributed by atoms with E-state index in [1.165, 1.54) is 14.0 Å². The van der Waals surface area contributed by atoms with Gasteiger partial charge in [0.2, 0.25) is 5.91 Å². The fourth-order valence-corrected chi connectivity index (χ4v) is 2.91. The summed E-state index contributed by atoms with van der Waals surface area (Å²) in [6.45, 7) is 1.17. The Bertz CT molecular complexity index is 895. The van der Waals surface area contributed by atoms with Crippen LogP contribution in [-0.4, -0.2) is 39.8 Å². The van der Waals surface area contributed by atoms with Crippen molar-refractivity contribution in [3.05, 3.63) is 34.6 Å². The fraction of sp³-hybridized carbons (Fsp3) is 0.267. The predicted octanol–water partition coefficient (Wildman–Crippen LogP) is 0.245. The molecule has 25 heavy (non-hydrogen) atoms. The van der Waals surface area contributed by atoms with Crippen molar-refractivity contribution in [2.24, 2.45) is 5.73 Å². The van der Waals surface area contributed by atoms with E-state index in [1.54, 1.807) is 24.3 Å². The van der Waals surface area contributed by atoms with Crippen molar-refractivity contribution in [2.75, 3.05) is 7.11 Å². The molecule has 1 heterocycles. The Labute approximate surface area is 146 Å². The highest BCUT2D eigenvalue weighted by molar-refractivity contribution is 8.00. The lowest BCUT2D eigenvalue weighted by atomic mass is 10.2. The van der Waals surface area contributed by atoms with Crippen LogP contribution in [0.25, 0.3) is 10.9 Å². The van der Waals surface area contributed by atoms with Crippen molar-refractivity contribution in [1.82, 2.24) is 14.9 Å². The molecule has 0 unspecified atom stereocenters. The summed E-state index contributed by atoms with van der Waals surface area (Å²) in [6.07, 6.45) is 0. The molecule has 0 aliphatic rings. The number of urea groups is 1. The Morgan fingerprint density at radius 1 is 1.36 bits per heavy atom. The van der Waals surface area contributed by atoms with Crippen LogP contribution in [0, 0.1) is 0 Å². The van der Waals surface area contributed by atoms with Crippen LogP contribution in [0.2, 0.25) is 0 Å². The highest BCUT2D eigenvalue weighted by Gasteiger charge is 2.21. The second kappa shape index (κ2) is 7.79. The largest absolute Gasteiger partial charge is 0.468 e. The smallest absolute Gasteiger partial charge is 0.325 e. The molecule has 1 atom stereocenters. The van der Waals surface area contributed by atoms with Crippen LogP contribution in [0.4, 0.5) is 4.79 Å². The molecule has 0 aliphatic heterocycles. The topological polar surface area (TPSA) is 133 Å². The molecule has 0 saturated carbocycles. The number of rotatable bonds is 5. The minimum atomic E-state index is -0.976. The number of fused-ring (bicyclic) bond motifs is 1. The van der Waals surface area contributed by atoms with Gasteiger partial charge in [-0.2, -0.15) is 0 Å². The maximum absolute atomic E-state index is 12.7. The fourth-order valence-electron chi connectivity index (χ4n) is 2.01. The van der Waals surface area contributed by atoms with Gasteiger partial charge in [-0.15, -0.1) is 0 Å². The second-order valence-electron chi connectivity index (χ2n) is 4.99. The van der Waals surface area contributed by atoms with Gasteiger partial charge in [-0.1, -0.05) is 23.9 Å². The number of esters is 1. The van der Waals surface area contributed by atoms with Crippen LogP contribution in [0.1, 0.15) is 6.92 Å². The predicted molar refractivity (Wildman–Crippen MR) is 91.1 cm³/mol. The molecule has 0 bridgehead atoms. The number of ether oxygens (including phenoxy) is 1. The highest BCUT2D eigenvalue weighted by atomic mass is 32.2. The average molecular weight is 364 g/mol. The molecular weight excluding hydrogens is 348 g/mol. The van der Waals surface area contributed by atoms with E-state index in [-0.39, 0.29) is 11.7 Å². The van der Waals surface area contributed by atoms with Gasteiger partial charge in [0.1, 0.15) is 6.54 Å². The van der Waals surface area contributed by atoms with E-state index >= 15 is 0 Å². The molecule has 0 fully saturated rings. The molecule has 1 aromatic heterocycles. The van der Waals surface area contributed by atoms with Gasteiger partial charge in [-0.25, -0.2) is 9.78 Å². The van der Waals surface area contributed by atoms with Gasteiger partial charge in [-0.05, 0) is 19.1 Å². The maximum atomic E-state index is 12.7. The number of nitrogens with one attached hydrogen (secondary N) is 1. The number of hydrogen-bond acceptors (Lipinski definition) is 7. The van der Waals surface area contributed by atoms with E-state index in [0.29, 0.717) is 10.9 Å². The minimum absolute atomic E-state index is 0.154. The van der Waals surface area contributed by atoms with Crippen molar-refractivity contribution in [3.63, 3.8) is 0 Å². The molecular formula is C15H16N4O5S. The molecule has 2 aromatic rings. The molecule has 0 spiro atoms. The average Bonchev–Trinajstić information content (AvgIpc) is 2.57. The summed E-state index contributed by atoms with van der Waals surface area (Å²) in [5.41, 5.74) is 4.92. The first-order valence-electron chi connectivity index (χ1n) is 7.16. The number of carbonyl (C=O) groups is 3. The van der Waals surface area contributed by atoms with Gasteiger partial charge in [0.15, 0.2) is 5.16 Å². The molecule has 1 aromatic carbocycles. The molecule has 3 N–H and O–H groups in total. The summed E-state index contributed by atoms with van der Waals surface area (Å²) in [4.78, 5) is 51.3. The Morgan fingerprint density at radius 3 is 2.68 bits per heavy atom. The minimum Gasteiger partial charge on any atom is -0.468 e. The number of imide groups is 1. The molecule has 9 nitrogen and oxygen atoms in total. The first-order valence-corrected chi connectivity index (χ1v) is 8.04. The number of nitrogens with zero attached hydrogens (tertiary/aromatic N) is 2. The molecule has 0 saturated heterocycles. The van der Waals surface area contributed by atoms with Gasteiger partial charge >= 0.3 is 12.0 Å². The van der Waals surface area contributed by atoms with Crippen LogP contribution in [0.5, 0.6) is 0 Å². The zero-order valence-corrected chi connectivity index (χ0v) is 14.3. The van der Waals surface area contributed by atoms with Crippen LogP contribution in [-0.2, 0) is 20.9 Å². The number of aromatic nitrogens is 2. The van der Waals surface area contributed by atoms with Gasteiger partial charge < -0.3 is 10.5 Å². The molecule has 132 valence electrons. The first-order chi connectivity index (χ1) is 11.8. The number of methoxy groups -OCH3 is 1. The lowest BCUT2D eigenvalue weighted by Gasteiger charge is -2.15. The van der Waals surface area contributed by atoms with Crippen molar-refractivity contribution >= 4 is 40.6 Å². The number of carbonyl (C=O) groups excluding carboxylic acids is 3. The van der Waals surface area contributed by atoms with E-state index < -0.39 is 28.7 Å². The van der Waals surface area contributed by atoms with Gasteiger partial charge in [0.25, 0.3) is 5.56 Å². The lowest BCUT2D eigenvalue weighted by molar-refractivity contribution is -0.141. The Hall–Kier alpha value is -2.88. The SMILES string of the molecule is COC(=O)Cn1c(S[C@@H](C)C(=O)NC(N)=O)nc2ccccc2c1=O. The van der Waals surface area contributed by atoms with Gasteiger partial charge in [0.05, 0.1) is 23.3 Å². The highest BCUT2D eigenvalue weighted by Crippen LogP contribution is 2.22. The maximum Gasteiger partial charge on any atom is 0.325 e. The quantitative estimate of drug-likeness (QED) is 0.441. The lowest BCUT2D eigenvalue weighted by Crippen LogP contribution is -2.39. The summed E-state index contributed by atoms with van der Waals surface area (Å²) in [7, 11) is 1.21. The third-order valence-corrected chi connectivity index (χ3v) is 4.33.